The molecule has 7 heavy (non-hydrogen) atoms. The standard InChI is InChI=1S/C3H15NSi3/c1-5-4(6-2)7-3/h5-7H2,1-3H3. The van der Waals surface area contributed by atoms with Crippen LogP contribution in [0.2, 0.25) is 19.6 Å². The minimum atomic E-state index is 0.285. The van der Waals surface area contributed by atoms with Crippen molar-refractivity contribution in [2.24, 2.45) is 0 Å². The summed E-state index contributed by atoms with van der Waals surface area (Å²) in [5.74, 6) is 0. The molecule has 0 aliphatic heterocycles. The Hall–Kier alpha value is 0.611. The van der Waals surface area contributed by atoms with E-state index in [4.69, 9.17) is 0 Å². The smallest absolute Gasteiger partial charge is 0.0770 e. The van der Waals surface area contributed by atoms with Gasteiger partial charge >= 0.3 is 0 Å². The van der Waals surface area contributed by atoms with Crippen molar-refractivity contribution in [1.29, 1.82) is 0 Å². The Kier molecular flexibility index (Phi) is 5.18. The molecule has 0 unspecified atom stereocenters. The minimum absolute atomic E-state index is 0.285. The van der Waals surface area contributed by atoms with Gasteiger partial charge in [0.2, 0.25) is 0 Å². The second-order valence-corrected chi connectivity index (χ2v) is 8.88. The largest absolute Gasteiger partial charge is 0.383 e. The van der Waals surface area contributed by atoms with Crippen LogP contribution in [0.15, 0.2) is 0 Å². The van der Waals surface area contributed by atoms with E-state index in [0.29, 0.717) is 0 Å². The lowest BCUT2D eigenvalue weighted by Crippen LogP contribution is -2.30. The molecular weight excluding hydrogens is 134 g/mol. The predicted octanol–water partition coefficient (Wildman–Crippen LogP) is -1.32. The topological polar surface area (TPSA) is 3.24 Å². The summed E-state index contributed by atoms with van der Waals surface area (Å²) in [5.41, 5.74) is 0. The third-order valence-electron chi connectivity index (χ3n) is 1.34. The number of rotatable bonds is 3. The van der Waals surface area contributed by atoms with E-state index in [1.165, 1.54) is 0 Å². The van der Waals surface area contributed by atoms with Crippen LogP contribution in [-0.2, 0) is 0 Å². The normalized spacial score (nSPS) is 15.4. The van der Waals surface area contributed by atoms with Gasteiger partial charge in [0, 0.05) is 0 Å². The fourth-order valence-corrected chi connectivity index (χ4v) is 6.04. The van der Waals surface area contributed by atoms with Crippen LogP contribution in [0, 0.1) is 0 Å². The van der Waals surface area contributed by atoms with Crippen molar-refractivity contribution >= 4 is 29.0 Å². The summed E-state index contributed by atoms with van der Waals surface area (Å²) < 4.78 is 2.79. The quantitative estimate of drug-likeness (QED) is 0.450. The number of hydrogen-bond acceptors (Lipinski definition) is 1. The second-order valence-electron chi connectivity index (χ2n) is 1.62. The molecule has 0 amide bonds. The molecule has 0 aliphatic rings. The Balaban J connectivity index is 2.99. The first-order chi connectivity index (χ1) is 3.35. The molecule has 44 valence electrons. The van der Waals surface area contributed by atoms with Gasteiger partial charge in [-0.05, 0) is 0 Å². The van der Waals surface area contributed by atoms with E-state index in [1.807, 2.05) is 0 Å². The van der Waals surface area contributed by atoms with Gasteiger partial charge in [-0.15, -0.1) is 0 Å². The van der Waals surface area contributed by atoms with Crippen LogP contribution in [0.1, 0.15) is 0 Å². The van der Waals surface area contributed by atoms with E-state index in [2.05, 4.69) is 23.5 Å². The first-order valence-electron chi connectivity index (χ1n) is 3.07. The molecule has 0 aromatic carbocycles. The first-order valence-corrected chi connectivity index (χ1v) is 9.21. The van der Waals surface area contributed by atoms with Crippen molar-refractivity contribution in [2.75, 3.05) is 0 Å². The van der Waals surface area contributed by atoms with Gasteiger partial charge in [0.05, 0.1) is 29.0 Å². The van der Waals surface area contributed by atoms with Crippen LogP contribution in [0.4, 0.5) is 0 Å². The number of nitrogens with zero attached hydrogens (tertiary/aromatic N) is 1. The lowest BCUT2D eigenvalue weighted by atomic mass is 11.9. The summed E-state index contributed by atoms with van der Waals surface area (Å²) in [5, 5.41) is 0. The summed E-state index contributed by atoms with van der Waals surface area (Å²) in [6.45, 7) is 7.19. The fourth-order valence-electron chi connectivity index (χ4n) is 0.671. The van der Waals surface area contributed by atoms with Gasteiger partial charge in [0.1, 0.15) is 0 Å². The molecule has 0 atom stereocenters. The van der Waals surface area contributed by atoms with Gasteiger partial charge < -0.3 is 3.90 Å². The monoisotopic (exact) mass is 149 g/mol. The summed E-state index contributed by atoms with van der Waals surface area (Å²) in [6.07, 6.45) is 0. The molecule has 4 heteroatoms. The van der Waals surface area contributed by atoms with E-state index in [1.54, 1.807) is 0 Å². The van der Waals surface area contributed by atoms with E-state index >= 15 is 0 Å². The van der Waals surface area contributed by atoms with E-state index in [0.717, 1.165) is 0 Å². The van der Waals surface area contributed by atoms with Crippen LogP contribution < -0.4 is 0 Å². The maximum absolute atomic E-state index is 2.79. The number of hydrogen-bond donors (Lipinski definition) is 0. The average Bonchev–Trinajstić information content (AvgIpc) is 1.72. The van der Waals surface area contributed by atoms with Crippen molar-refractivity contribution in [1.82, 2.24) is 3.90 Å². The maximum atomic E-state index is 2.79. The highest BCUT2D eigenvalue weighted by Gasteiger charge is 1.90. The van der Waals surface area contributed by atoms with Gasteiger partial charge in [-0.3, -0.25) is 0 Å². The summed E-state index contributed by atoms with van der Waals surface area (Å²) in [4.78, 5) is 0. The van der Waals surface area contributed by atoms with Crippen molar-refractivity contribution in [2.45, 2.75) is 19.6 Å². The molecular formula is C3H15NSi3. The van der Waals surface area contributed by atoms with Crippen LogP contribution in [0.5, 0.6) is 0 Å². The molecule has 0 saturated carbocycles. The van der Waals surface area contributed by atoms with E-state index in [9.17, 15) is 0 Å². The third kappa shape index (κ3) is 3.22. The molecule has 0 N–H and O–H groups in total. The van der Waals surface area contributed by atoms with E-state index < -0.39 is 0 Å². The molecule has 0 rings (SSSR count). The molecule has 0 aliphatic carbocycles. The molecule has 0 radical (unpaired) electrons. The van der Waals surface area contributed by atoms with Crippen molar-refractivity contribution < 1.29 is 0 Å². The Labute approximate surface area is 53.2 Å². The molecule has 0 aromatic rings. The molecule has 0 fully saturated rings. The van der Waals surface area contributed by atoms with Crippen molar-refractivity contribution in [3.05, 3.63) is 0 Å². The average molecular weight is 149 g/mol. The van der Waals surface area contributed by atoms with Gasteiger partial charge in [0.25, 0.3) is 0 Å². The highest BCUT2D eigenvalue weighted by atomic mass is 28.4. The Bertz CT molecular complexity index is 31.7. The highest BCUT2D eigenvalue weighted by molar-refractivity contribution is 6.64. The minimum Gasteiger partial charge on any atom is -0.383 e. The zero-order valence-corrected chi connectivity index (χ0v) is 9.81. The lowest BCUT2D eigenvalue weighted by molar-refractivity contribution is 1.10. The highest BCUT2D eigenvalue weighted by Crippen LogP contribution is 1.74. The molecule has 1 nitrogen and oxygen atoms in total. The Morgan fingerprint density at radius 1 is 0.857 bits per heavy atom. The van der Waals surface area contributed by atoms with Gasteiger partial charge in [-0.25, -0.2) is 0 Å². The van der Waals surface area contributed by atoms with Crippen LogP contribution in [0.25, 0.3) is 0 Å². The van der Waals surface area contributed by atoms with Crippen molar-refractivity contribution in [3.63, 3.8) is 0 Å². The molecule has 0 bridgehead atoms. The molecule has 0 aromatic heterocycles. The zero-order chi connectivity index (χ0) is 5.70. The van der Waals surface area contributed by atoms with Crippen molar-refractivity contribution in [3.8, 4) is 0 Å². The lowest BCUT2D eigenvalue weighted by Gasteiger charge is -2.13. The van der Waals surface area contributed by atoms with E-state index in [-0.39, 0.29) is 29.0 Å². The maximum Gasteiger partial charge on any atom is 0.0770 e. The molecule has 0 saturated heterocycles. The Morgan fingerprint density at radius 2 is 1.14 bits per heavy atom. The summed E-state index contributed by atoms with van der Waals surface area (Å²) >= 11 is 0. The zero-order valence-electron chi connectivity index (χ0n) is 5.57. The summed E-state index contributed by atoms with van der Waals surface area (Å²) in [7, 11) is 0.854. The molecule has 0 heterocycles. The van der Waals surface area contributed by atoms with Gasteiger partial charge in [0.15, 0.2) is 0 Å². The van der Waals surface area contributed by atoms with Crippen LogP contribution in [-0.4, -0.2) is 32.9 Å². The van der Waals surface area contributed by atoms with Crippen LogP contribution >= 0.6 is 0 Å². The predicted molar refractivity (Wildman–Crippen MR) is 45.1 cm³/mol. The van der Waals surface area contributed by atoms with Crippen LogP contribution in [0.3, 0.4) is 0 Å². The SMILES string of the molecule is C[SiH2]N([SiH2]C)[SiH2]C. The first kappa shape index (κ1) is 7.61. The Morgan fingerprint density at radius 3 is 1.14 bits per heavy atom. The fraction of sp³-hybridized carbons (Fsp3) is 1.00. The van der Waals surface area contributed by atoms with Gasteiger partial charge in [-0.1, -0.05) is 19.6 Å². The third-order valence-corrected chi connectivity index (χ3v) is 12.1. The molecule has 0 spiro atoms. The van der Waals surface area contributed by atoms with Gasteiger partial charge in [-0.2, -0.15) is 0 Å². The second kappa shape index (κ2) is 4.76. The summed E-state index contributed by atoms with van der Waals surface area (Å²) in [6, 6.07) is 0.